The summed E-state index contributed by atoms with van der Waals surface area (Å²) < 4.78 is 16.1. The highest BCUT2D eigenvalue weighted by atomic mass is 16.8. The zero-order valence-corrected chi connectivity index (χ0v) is 8.53. The maximum Gasteiger partial charge on any atom is 0.163 e. The van der Waals surface area contributed by atoms with Crippen molar-refractivity contribution in [3.05, 3.63) is 0 Å². The summed E-state index contributed by atoms with van der Waals surface area (Å²) in [6.07, 6.45) is 4.46. The van der Waals surface area contributed by atoms with Crippen LogP contribution in [0.1, 0.15) is 13.8 Å². The number of rotatable bonds is 4. The molecule has 0 amide bonds. The van der Waals surface area contributed by atoms with E-state index in [-0.39, 0.29) is 25.4 Å². The molecule has 0 unspecified atom stereocenters. The molecule has 0 bridgehead atoms. The Kier molecular flexibility index (Phi) is 3.90. The lowest BCUT2D eigenvalue weighted by Crippen LogP contribution is -2.30. The van der Waals surface area contributed by atoms with Crippen LogP contribution in [-0.2, 0) is 14.2 Å². The van der Waals surface area contributed by atoms with Crippen LogP contribution in [0.4, 0.5) is 0 Å². The fourth-order valence-corrected chi connectivity index (χ4v) is 1.44. The average molecular weight is 200 g/mol. The number of ether oxygens (including phenoxy) is 3. The number of terminal acetylenes is 1. The second-order valence-electron chi connectivity index (χ2n) is 3.61. The summed E-state index contributed by atoms with van der Waals surface area (Å²) in [5, 5.41) is 9.02. The third kappa shape index (κ3) is 2.96. The molecule has 0 aromatic heterocycles. The highest BCUT2D eigenvalue weighted by molar-refractivity contribution is 4.85. The standard InChI is InChI=1S/C10H16O4/c1-4-5-12-7-9-8(6-11)13-10(2,3)14-9/h1,8-9,11H,5-7H2,2-3H3/t8-,9-/m0/s1. The number of aliphatic hydroxyl groups is 1. The molecule has 14 heavy (non-hydrogen) atoms. The number of aliphatic hydroxyl groups excluding tert-OH is 1. The molecule has 1 saturated heterocycles. The molecule has 0 aromatic carbocycles. The van der Waals surface area contributed by atoms with E-state index in [9.17, 15) is 0 Å². The highest BCUT2D eigenvalue weighted by Crippen LogP contribution is 2.27. The van der Waals surface area contributed by atoms with Crippen LogP contribution >= 0.6 is 0 Å². The lowest BCUT2D eigenvalue weighted by atomic mass is 10.2. The van der Waals surface area contributed by atoms with Gasteiger partial charge >= 0.3 is 0 Å². The Morgan fingerprint density at radius 3 is 2.64 bits per heavy atom. The summed E-state index contributed by atoms with van der Waals surface area (Å²) in [5.74, 6) is 1.71. The largest absolute Gasteiger partial charge is 0.394 e. The van der Waals surface area contributed by atoms with E-state index in [1.807, 2.05) is 0 Å². The fraction of sp³-hybridized carbons (Fsp3) is 0.800. The van der Waals surface area contributed by atoms with Crippen LogP contribution in [0.2, 0.25) is 0 Å². The van der Waals surface area contributed by atoms with Crippen LogP contribution in [-0.4, -0.2) is 42.9 Å². The van der Waals surface area contributed by atoms with Crippen molar-refractivity contribution >= 4 is 0 Å². The van der Waals surface area contributed by atoms with Crippen molar-refractivity contribution in [1.82, 2.24) is 0 Å². The van der Waals surface area contributed by atoms with Crippen LogP contribution in [0.3, 0.4) is 0 Å². The zero-order valence-electron chi connectivity index (χ0n) is 8.53. The predicted molar refractivity (Wildman–Crippen MR) is 50.6 cm³/mol. The van der Waals surface area contributed by atoms with E-state index in [4.69, 9.17) is 25.7 Å². The number of hydrogen-bond acceptors (Lipinski definition) is 4. The molecular formula is C10H16O4. The first-order valence-electron chi connectivity index (χ1n) is 4.57. The van der Waals surface area contributed by atoms with Gasteiger partial charge in [-0.05, 0) is 13.8 Å². The van der Waals surface area contributed by atoms with Gasteiger partial charge in [-0.25, -0.2) is 0 Å². The summed E-state index contributed by atoms with van der Waals surface area (Å²) >= 11 is 0. The Morgan fingerprint density at radius 2 is 2.07 bits per heavy atom. The van der Waals surface area contributed by atoms with Crippen LogP contribution in [0.5, 0.6) is 0 Å². The summed E-state index contributed by atoms with van der Waals surface area (Å²) in [6, 6.07) is 0. The molecule has 4 nitrogen and oxygen atoms in total. The molecule has 1 aliphatic rings. The van der Waals surface area contributed by atoms with Crippen molar-refractivity contribution < 1.29 is 19.3 Å². The Labute approximate surface area is 84.2 Å². The van der Waals surface area contributed by atoms with Gasteiger partial charge in [0.05, 0.1) is 13.2 Å². The van der Waals surface area contributed by atoms with Gasteiger partial charge < -0.3 is 19.3 Å². The summed E-state index contributed by atoms with van der Waals surface area (Å²) in [4.78, 5) is 0. The normalized spacial score (nSPS) is 30.1. The summed E-state index contributed by atoms with van der Waals surface area (Å²) in [6.45, 7) is 4.12. The molecule has 1 aliphatic heterocycles. The van der Waals surface area contributed by atoms with Crippen LogP contribution in [0, 0.1) is 12.3 Å². The maximum atomic E-state index is 9.02. The molecule has 1 N–H and O–H groups in total. The second-order valence-corrected chi connectivity index (χ2v) is 3.61. The molecule has 1 fully saturated rings. The molecule has 0 aliphatic carbocycles. The van der Waals surface area contributed by atoms with Gasteiger partial charge in [0.25, 0.3) is 0 Å². The van der Waals surface area contributed by atoms with E-state index in [1.165, 1.54) is 0 Å². The van der Waals surface area contributed by atoms with Gasteiger partial charge in [-0.1, -0.05) is 5.92 Å². The smallest absolute Gasteiger partial charge is 0.163 e. The number of hydrogen-bond donors (Lipinski definition) is 1. The van der Waals surface area contributed by atoms with Crippen molar-refractivity contribution in [2.75, 3.05) is 19.8 Å². The van der Waals surface area contributed by atoms with E-state index < -0.39 is 5.79 Å². The van der Waals surface area contributed by atoms with Crippen LogP contribution in [0.25, 0.3) is 0 Å². The third-order valence-corrected chi connectivity index (χ3v) is 1.93. The Morgan fingerprint density at radius 1 is 1.43 bits per heavy atom. The van der Waals surface area contributed by atoms with Crippen molar-refractivity contribution in [3.63, 3.8) is 0 Å². The van der Waals surface area contributed by atoms with Gasteiger partial charge in [-0.3, -0.25) is 0 Å². The van der Waals surface area contributed by atoms with Gasteiger partial charge in [0, 0.05) is 0 Å². The molecule has 2 atom stereocenters. The first-order valence-corrected chi connectivity index (χ1v) is 4.57. The minimum atomic E-state index is -0.655. The minimum Gasteiger partial charge on any atom is -0.394 e. The first-order chi connectivity index (χ1) is 6.59. The summed E-state index contributed by atoms with van der Waals surface area (Å²) in [7, 11) is 0. The molecule has 0 aromatic rings. The second kappa shape index (κ2) is 4.76. The Balaban J connectivity index is 2.40. The molecule has 80 valence electrons. The Hall–Kier alpha value is -0.600. The summed E-state index contributed by atoms with van der Waals surface area (Å²) in [5.41, 5.74) is 0. The van der Waals surface area contributed by atoms with Gasteiger partial charge in [-0.15, -0.1) is 6.42 Å². The molecule has 1 rings (SSSR count). The quantitative estimate of drug-likeness (QED) is 0.518. The maximum absolute atomic E-state index is 9.02. The molecule has 4 heteroatoms. The molecule has 0 spiro atoms. The van der Waals surface area contributed by atoms with Gasteiger partial charge in [0.1, 0.15) is 18.8 Å². The van der Waals surface area contributed by atoms with E-state index in [0.717, 1.165) is 0 Å². The molecule has 1 heterocycles. The minimum absolute atomic E-state index is 0.0759. The Bertz CT molecular complexity index is 219. The SMILES string of the molecule is C#CCOC[C@@H]1OC(C)(C)O[C@H]1CO. The molecule has 0 radical (unpaired) electrons. The van der Waals surface area contributed by atoms with Gasteiger partial charge in [0.2, 0.25) is 0 Å². The van der Waals surface area contributed by atoms with E-state index in [2.05, 4.69) is 5.92 Å². The van der Waals surface area contributed by atoms with Gasteiger partial charge in [0.15, 0.2) is 5.79 Å². The molecule has 0 saturated carbocycles. The first kappa shape index (κ1) is 11.5. The van der Waals surface area contributed by atoms with Crippen molar-refractivity contribution in [3.8, 4) is 12.3 Å². The van der Waals surface area contributed by atoms with Gasteiger partial charge in [-0.2, -0.15) is 0 Å². The molecular weight excluding hydrogens is 184 g/mol. The van der Waals surface area contributed by atoms with E-state index in [1.54, 1.807) is 13.8 Å². The average Bonchev–Trinajstić information content (AvgIpc) is 2.41. The zero-order chi connectivity index (χ0) is 10.6. The monoisotopic (exact) mass is 200 g/mol. The van der Waals surface area contributed by atoms with E-state index in [0.29, 0.717) is 6.61 Å². The third-order valence-electron chi connectivity index (χ3n) is 1.93. The van der Waals surface area contributed by atoms with Crippen molar-refractivity contribution in [2.45, 2.75) is 31.8 Å². The van der Waals surface area contributed by atoms with Crippen molar-refractivity contribution in [2.24, 2.45) is 0 Å². The van der Waals surface area contributed by atoms with E-state index >= 15 is 0 Å². The van der Waals surface area contributed by atoms with Crippen LogP contribution in [0.15, 0.2) is 0 Å². The lowest BCUT2D eigenvalue weighted by Gasteiger charge is -2.16. The van der Waals surface area contributed by atoms with Crippen LogP contribution < -0.4 is 0 Å². The fourth-order valence-electron chi connectivity index (χ4n) is 1.44. The lowest BCUT2D eigenvalue weighted by molar-refractivity contribution is -0.152. The topological polar surface area (TPSA) is 47.9 Å². The predicted octanol–water partition coefficient (Wildman–Crippen LogP) is 0.149. The highest BCUT2D eigenvalue weighted by Gasteiger charge is 2.40. The van der Waals surface area contributed by atoms with Crippen molar-refractivity contribution in [1.29, 1.82) is 0 Å².